The number of carbonyl (C=O) groups excluding carboxylic acids is 3. The lowest BCUT2D eigenvalue weighted by molar-refractivity contribution is -0.130. The van der Waals surface area contributed by atoms with Gasteiger partial charge in [-0.05, 0) is 69.7 Å². The number of ketones is 1. The van der Waals surface area contributed by atoms with Gasteiger partial charge in [0.1, 0.15) is 5.54 Å². The number of benzene rings is 1. The Balaban J connectivity index is 1.57. The van der Waals surface area contributed by atoms with Crippen molar-refractivity contribution < 1.29 is 19.1 Å². The number of nitrogens with one attached hydrogen (secondary N) is 1. The first-order valence-electron chi connectivity index (χ1n) is 11.1. The standard InChI is InChI=1S/C25H31N3O4/c1-15-11-21(17(3)28(15)16(2)14-32-5)22(29)13-27-23(30)25(4,26-24(27)31)20-10-9-18-7-6-8-19(18)12-20/h9-12,16H,6-8,13-14H2,1-5H3,(H,26,31). The van der Waals surface area contributed by atoms with Crippen LogP contribution in [0.1, 0.15) is 64.7 Å². The summed E-state index contributed by atoms with van der Waals surface area (Å²) in [4.78, 5) is 40.3. The summed E-state index contributed by atoms with van der Waals surface area (Å²) in [5, 5.41) is 2.82. The first-order valence-corrected chi connectivity index (χ1v) is 11.1. The lowest BCUT2D eigenvalue weighted by Gasteiger charge is -2.23. The number of hydrogen-bond acceptors (Lipinski definition) is 4. The van der Waals surface area contributed by atoms with Crippen LogP contribution in [0.2, 0.25) is 0 Å². The third-order valence-corrected chi connectivity index (χ3v) is 6.89. The minimum atomic E-state index is -1.17. The van der Waals surface area contributed by atoms with Crippen molar-refractivity contribution in [3.05, 3.63) is 57.9 Å². The number of rotatable bonds is 7. The van der Waals surface area contributed by atoms with Crippen LogP contribution in [0, 0.1) is 13.8 Å². The molecular weight excluding hydrogens is 406 g/mol. The highest BCUT2D eigenvalue weighted by molar-refractivity contribution is 6.11. The zero-order chi connectivity index (χ0) is 23.2. The van der Waals surface area contributed by atoms with Crippen LogP contribution in [-0.2, 0) is 27.9 Å². The number of ether oxygens (including phenoxy) is 1. The van der Waals surface area contributed by atoms with E-state index in [4.69, 9.17) is 4.74 Å². The number of hydrogen-bond donors (Lipinski definition) is 1. The van der Waals surface area contributed by atoms with Crippen LogP contribution in [0.4, 0.5) is 4.79 Å². The minimum Gasteiger partial charge on any atom is -0.383 e. The number of aryl methyl sites for hydroxylation is 3. The predicted octanol–water partition coefficient (Wildman–Crippen LogP) is 3.45. The van der Waals surface area contributed by atoms with Gasteiger partial charge in [0.15, 0.2) is 5.78 Å². The van der Waals surface area contributed by atoms with Gasteiger partial charge in [-0.25, -0.2) is 4.79 Å². The van der Waals surface area contributed by atoms with Crippen LogP contribution in [0.25, 0.3) is 0 Å². The van der Waals surface area contributed by atoms with E-state index >= 15 is 0 Å². The number of amides is 3. The van der Waals surface area contributed by atoms with Crippen molar-refractivity contribution in [2.75, 3.05) is 20.3 Å². The Morgan fingerprint density at radius 2 is 1.91 bits per heavy atom. The van der Waals surface area contributed by atoms with Gasteiger partial charge in [0.2, 0.25) is 0 Å². The van der Waals surface area contributed by atoms with E-state index in [0.717, 1.165) is 41.1 Å². The molecule has 0 radical (unpaired) electrons. The van der Waals surface area contributed by atoms with Gasteiger partial charge < -0.3 is 14.6 Å². The summed E-state index contributed by atoms with van der Waals surface area (Å²) >= 11 is 0. The second-order valence-corrected chi connectivity index (χ2v) is 9.17. The molecule has 2 unspecified atom stereocenters. The van der Waals surface area contributed by atoms with Gasteiger partial charge in [-0.1, -0.05) is 18.2 Å². The number of fused-ring (bicyclic) bond motifs is 1. The molecule has 0 saturated carbocycles. The van der Waals surface area contributed by atoms with Crippen LogP contribution >= 0.6 is 0 Å². The van der Waals surface area contributed by atoms with Gasteiger partial charge in [0, 0.05) is 24.1 Å². The molecule has 1 aromatic carbocycles. The largest absolute Gasteiger partial charge is 0.383 e. The predicted molar refractivity (Wildman–Crippen MR) is 121 cm³/mol. The number of methoxy groups -OCH3 is 1. The van der Waals surface area contributed by atoms with Crippen molar-refractivity contribution in [1.82, 2.24) is 14.8 Å². The zero-order valence-corrected chi connectivity index (χ0v) is 19.4. The number of aromatic nitrogens is 1. The molecule has 2 aliphatic rings. The van der Waals surface area contributed by atoms with Gasteiger partial charge in [0.05, 0.1) is 19.2 Å². The van der Waals surface area contributed by atoms with E-state index in [1.807, 2.05) is 45.0 Å². The maximum Gasteiger partial charge on any atom is 0.325 e. The van der Waals surface area contributed by atoms with E-state index in [9.17, 15) is 14.4 Å². The molecule has 1 aliphatic carbocycles. The first-order chi connectivity index (χ1) is 15.2. The molecule has 0 bridgehead atoms. The van der Waals surface area contributed by atoms with Crippen molar-refractivity contribution in [2.45, 2.75) is 58.5 Å². The molecular formula is C25H31N3O4. The summed E-state index contributed by atoms with van der Waals surface area (Å²) in [6.45, 7) is 7.80. The van der Waals surface area contributed by atoms with Gasteiger partial charge in [0.25, 0.3) is 5.91 Å². The van der Waals surface area contributed by atoms with Crippen LogP contribution in [0.5, 0.6) is 0 Å². The fraction of sp³-hybridized carbons (Fsp3) is 0.480. The third-order valence-electron chi connectivity index (χ3n) is 6.89. The molecule has 1 saturated heterocycles. The smallest absolute Gasteiger partial charge is 0.325 e. The quantitative estimate of drug-likeness (QED) is 0.531. The maximum atomic E-state index is 13.3. The Labute approximate surface area is 188 Å². The van der Waals surface area contributed by atoms with Gasteiger partial charge in [-0.3, -0.25) is 14.5 Å². The molecule has 2 aromatic rings. The summed E-state index contributed by atoms with van der Waals surface area (Å²) in [7, 11) is 1.65. The number of Topliss-reactive ketones (excluding diaryl/α,β-unsaturated/α-hetero) is 1. The van der Waals surface area contributed by atoms with E-state index in [2.05, 4.69) is 9.88 Å². The van der Waals surface area contributed by atoms with E-state index in [-0.39, 0.29) is 18.4 Å². The summed E-state index contributed by atoms with van der Waals surface area (Å²) in [6.07, 6.45) is 3.15. The minimum absolute atomic E-state index is 0.0707. The fourth-order valence-electron chi connectivity index (χ4n) is 5.20. The second-order valence-electron chi connectivity index (χ2n) is 9.17. The van der Waals surface area contributed by atoms with E-state index in [1.165, 1.54) is 11.1 Å². The normalized spacial score (nSPS) is 21.1. The highest BCUT2D eigenvalue weighted by Gasteiger charge is 2.49. The van der Waals surface area contributed by atoms with Crippen molar-refractivity contribution in [2.24, 2.45) is 0 Å². The molecule has 1 aromatic heterocycles. The van der Waals surface area contributed by atoms with Crippen molar-refractivity contribution in [1.29, 1.82) is 0 Å². The monoisotopic (exact) mass is 437 g/mol. The molecule has 0 spiro atoms. The highest BCUT2D eigenvalue weighted by atomic mass is 16.5. The average molecular weight is 438 g/mol. The molecule has 2 heterocycles. The maximum absolute atomic E-state index is 13.3. The van der Waals surface area contributed by atoms with E-state index in [1.54, 1.807) is 14.0 Å². The lowest BCUT2D eigenvalue weighted by atomic mass is 9.89. The van der Waals surface area contributed by atoms with Crippen LogP contribution in [0.15, 0.2) is 24.3 Å². The van der Waals surface area contributed by atoms with Crippen LogP contribution in [0.3, 0.4) is 0 Å². The van der Waals surface area contributed by atoms with Crippen molar-refractivity contribution in [3.63, 3.8) is 0 Å². The Kier molecular flexibility index (Phi) is 5.71. The Morgan fingerprint density at radius 3 is 2.62 bits per heavy atom. The number of carbonyl (C=O) groups is 3. The summed E-state index contributed by atoms with van der Waals surface area (Å²) in [5.41, 5.74) is 4.41. The van der Waals surface area contributed by atoms with Crippen molar-refractivity contribution >= 4 is 17.7 Å². The zero-order valence-electron chi connectivity index (χ0n) is 19.4. The number of urea groups is 1. The Morgan fingerprint density at radius 1 is 1.19 bits per heavy atom. The molecule has 1 aliphatic heterocycles. The number of nitrogens with zero attached hydrogens (tertiary/aromatic N) is 2. The molecule has 2 atom stereocenters. The van der Waals surface area contributed by atoms with Crippen molar-refractivity contribution in [3.8, 4) is 0 Å². The molecule has 7 nitrogen and oxygen atoms in total. The fourth-order valence-corrected chi connectivity index (χ4v) is 5.20. The molecule has 1 N–H and O–H groups in total. The van der Waals surface area contributed by atoms with E-state index < -0.39 is 17.5 Å². The van der Waals surface area contributed by atoms with Gasteiger partial charge in [-0.2, -0.15) is 0 Å². The SMILES string of the molecule is COCC(C)n1c(C)cc(C(=O)CN2C(=O)NC(C)(c3ccc4c(c3)CCC4)C2=O)c1C. The topological polar surface area (TPSA) is 80.6 Å². The van der Waals surface area contributed by atoms with Crippen LogP contribution in [-0.4, -0.2) is 47.4 Å². The molecule has 3 amide bonds. The molecule has 1 fully saturated rings. The molecule has 170 valence electrons. The molecule has 4 rings (SSSR count). The van der Waals surface area contributed by atoms with Crippen LogP contribution < -0.4 is 5.32 Å². The molecule has 7 heteroatoms. The Hall–Kier alpha value is -2.93. The average Bonchev–Trinajstić information content (AvgIpc) is 3.39. The molecule has 32 heavy (non-hydrogen) atoms. The summed E-state index contributed by atoms with van der Waals surface area (Å²) in [6, 6.07) is 7.35. The Bertz CT molecular complexity index is 1100. The third kappa shape index (κ3) is 3.54. The first kappa shape index (κ1) is 22.3. The highest BCUT2D eigenvalue weighted by Crippen LogP contribution is 2.33. The summed E-state index contributed by atoms with van der Waals surface area (Å²) < 4.78 is 7.31. The number of imide groups is 1. The van der Waals surface area contributed by atoms with E-state index in [0.29, 0.717) is 12.2 Å². The summed E-state index contributed by atoms with van der Waals surface area (Å²) in [5.74, 6) is -0.647. The second kappa shape index (κ2) is 8.20. The van der Waals surface area contributed by atoms with Gasteiger partial charge in [-0.15, -0.1) is 0 Å². The van der Waals surface area contributed by atoms with Gasteiger partial charge >= 0.3 is 6.03 Å². The lowest BCUT2D eigenvalue weighted by Crippen LogP contribution is -2.41.